The second-order valence-electron chi connectivity index (χ2n) is 15.9. The van der Waals surface area contributed by atoms with Gasteiger partial charge in [-0.3, -0.25) is 0 Å². The lowest BCUT2D eigenvalue weighted by Crippen LogP contribution is -2.15. The molecule has 262 valence electrons. The van der Waals surface area contributed by atoms with E-state index < -0.39 is 0 Å². The van der Waals surface area contributed by atoms with Crippen LogP contribution in [0.15, 0.2) is 186 Å². The molecule has 0 saturated carbocycles. The van der Waals surface area contributed by atoms with Gasteiger partial charge in [0.15, 0.2) is 0 Å². The van der Waals surface area contributed by atoms with E-state index in [9.17, 15) is 0 Å². The van der Waals surface area contributed by atoms with E-state index in [4.69, 9.17) is 4.42 Å². The topological polar surface area (TPSA) is 13.1 Å². The molecule has 56 heavy (non-hydrogen) atoms. The maximum atomic E-state index is 7.19. The third-order valence-corrected chi connectivity index (χ3v) is 12.6. The predicted octanol–water partition coefficient (Wildman–Crippen LogP) is 15.5. The number of benzene rings is 10. The average Bonchev–Trinajstić information content (AvgIpc) is 3.72. The van der Waals surface area contributed by atoms with E-state index in [0.29, 0.717) is 0 Å². The minimum atomic E-state index is -0.202. The van der Waals surface area contributed by atoms with E-state index in [1.165, 1.54) is 104 Å². The van der Waals surface area contributed by atoms with Gasteiger partial charge in [0, 0.05) is 27.3 Å². The highest BCUT2D eigenvalue weighted by Crippen LogP contribution is 2.57. The second-order valence-corrected chi connectivity index (χ2v) is 15.9. The SMILES string of the molecule is CC1(C)c2ccccc2-c2cc(-c3c4ccccc4c(-c4ccc(-c5ccccc5)c5ccccc45)c4ccccc34)c3oc4cc5ccccc5cc4c3c21. The summed E-state index contributed by atoms with van der Waals surface area (Å²) >= 11 is 0. The van der Waals surface area contributed by atoms with Crippen molar-refractivity contribution in [2.75, 3.05) is 0 Å². The van der Waals surface area contributed by atoms with Crippen LogP contribution in [0.25, 0.3) is 110 Å². The van der Waals surface area contributed by atoms with Crippen molar-refractivity contribution in [3.8, 4) is 44.5 Å². The first-order valence-electron chi connectivity index (χ1n) is 19.6. The van der Waals surface area contributed by atoms with Crippen LogP contribution in [-0.4, -0.2) is 0 Å². The van der Waals surface area contributed by atoms with Gasteiger partial charge in [0.1, 0.15) is 11.2 Å². The van der Waals surface area contributed by atoms with Gasteiger partial charge in [0.05, 0.1) is 0 Å². The molecule has 0 atom stereocenters. The summed E-state index contributed by atoms with van der Waals surface area (Å²) in [5.74, 6) is 0. The summed E-state index contributed by atoms with van der Waals surface area (Å²) in [4.78, 5) is 0. The molecular formula is C55H36O. The van der Waals surface area contributed by atoms with Crippen LogP contribution in [0.4, 0.5) is 0 Å². The minimum absolute atomic E-state index is 0.202. The van der Waals surface area contributed by atoms with Crippen molar-refractivity contribution in [3.05, 3.63) is 193 Å². The fourth-order valence-electron chi connectivity index (χ4n) is 10.2. The fourth-order valence-corrected chi connectivity index (χ4v) is 10.2. The van der Waals surface area contributed by atoms with Crippen LogP contribution in [-0.2, 0) is 5.41 Å². The Bertz CT molecular complexity index is 3380. The molecule has 1 nitrogen and oxygen atoms in total. The Balaban J connectivity index is 1.23. The molecule has 1 heteroatoms. The molecule has 0 N–H and O–H groups in total. The molecule has 0 aliphatic heterocycles. The zero-order valence-electron chi connectivity index (χ0n) is 31.2. The van der Waals surface area contributed by atoms with E-state index >= 15 is 0 Å². The van der Waals surface area contributed by atoms with Crippen molar-refractivity contribution in [2.24, 2.45) is 0 Å². The fraction of sp³-hybridized carbons (Fsp3) is 0.0545. The zero-order valence-corrected chi connectivity index (χ0v) is 31.2. The summed E-state index contributed by atoms with van der Waals surface area (Å²) in [5.41, 5.74) is 14.3. The summed E-state index contributed by atoms with van der Waals surface area (Å²) in [6, 6.07) is 67.0. The van der Waals surface area contributed by atoms with Crippen molar-refractivity contribution in [1.29, 1.82) is 0 Å². The highest BCUT2D eigenvalue weighted by atomic mass is 16.3. The van der Waals surface area contributed by atoms with Gasteiger partial charge in [-0.2, -0.15) is 0 Å². The van der Waals surface area contributed by atoms with Crippen molar-refractivity contribution in [1.82, 2.24) is 0 Å². The van der Waals surface area contributed by atoms with Crippen molar-refractivity contribution in [3.63, 3.8) is 0 Å². The predicted molar refractivity (Wildman–Crippen MR) is 238 cm³/mol. The van der Waals surface area contributed by atoms with Crippen molar-refractivity contribution in [2.45, 2.75) is 19.3 Å². The Hall–Kier alpha value is -6.96. The molecule has 0 fully saturated rings. The molecule has 0 radical (unpaired) electrons. The first-order chi connectivity index (χ1) is 27.6. The summed E-state index contributed by atoms with van der Waals surface area (Å²) in [7, 11) is 0. The van der Waals surface area contributed by atoms with Crippen LogP contribution in [0.2, 0.25) is 0 Å². The molecule has 0 unspecified atom stereocenters. The van der Waals surface area contributed by atoms with Gasteiger partial charge in [-0.15, -0.1) is 0 Å². The van der Waals surface area contributed by atoms with Crippen LogP contribution in [0, 0.1) is 0 Å². The maximum absolute atomic E-state index is 7.19. The minimum Gasteiger partial charge on any atom is -0.455 e. The van der Waals surface area contributed by atoms with E-state index in [1.807, 2.05) is 0 Å². The van der Waals surface area contributed by atoms with Crippen LogP contribution in [0.5, 0.6) is 0 Å². The maximum Gasteiger partial charge on any atom is 0.143 e. The second kappa shape index (κ2) is 11.5. The van der Waals surface area contributed by atoms with E-state index in [0.717, 1.165) is 16.7 Å². The highest BCUT2D eigenvalue weighted by molar-refractivity contribution is 6.27. The van der Waals surface area contributed by atoms with Gasteiger partial charge in [-0.25, -0.2) is 0 Å². The summed E-state index contributed by atoms with van der Waals surface area (Å²) < 4.78 is 7.19. The molecule has 0 bridgehead atoms. The summed E-state index contributed by atoms with van der Waals surface area (Å²) in [5, 5.41) is 12.2. The van der Waals surface area contributed by atoms with Crippen molar-refractivity contribution >= 4 is 65.0 Å². The number of hydrogen-bond donors (Lipinski definition) is 0. The van der Waals surface area contributed by atoms with E-state index in [1.54, 1.807) is 0 Å². The quantitative estimate of drug-likeness (QED) is 0.166. The number of rotatable bonds is 3. The number of hydrogen-bond acceptors (Lipinski definition) is 1. The van der Waals surface area contributed by atoms with Crippen LogP contribution in [0.1, 0.15) is 25.0 Å². The molecule has 1 aliphatic rings. The molecule has 1 aromatic heterocycles. The zero-order chi connectivity index (χ0) is 37.1. The van der Waals surface area contributed by atoms with Crippen LogP contribution >= 0.6 is 0 Å². The first kappa shape index (κ1) is 31.4. The lowest BCUT2D eigenvalue weighted by atomic mass is 9.79. The highest BCUT2D eigenvalue weighted by Gasteiger charge is 2.39. The lowest BCUT2D eigenvalue weighted by Gasteiger charge is -2.23. The summed E-state index contributed by atoms with van der Waals surface area (Å²) in [6.07, 6.45) is 0. The van der Waals surface area contributed by atoms with Gasteiger partial charge in [-0.05, 0) is 106 Å². The van der Waals surface area contributed by atoms with Crippen molar-refractivity contribution < 1.29 is 4.42 Å². The Labute approximate surface area is 325 Å². The normalized spacial score (nSPS) is 13.3. The Kier molecular flexibility index (Phi) is 6.46. The largest absolute Gasteiger partial charge is 0.455 e. The number of fused-ring (bicyclic) bond motifs is 11. The third kappa shape index (κ3) is 4.26. The Morgan fingerprint density at radius 1 is 0.375 bits per heavy atom. The Morgan fingerprint density at radius 2 is 0.893 bits per heavy atom. The molecule has 0 saturated heterocycles. The molecule has 11 aromatic rings. The monoisotopic (exact) mass is 712 g/mol. The number of furan rings is 1. The van der Waals surface area contributed by atoms with Crippen LogP contribution < -0.4 is 0 Å². The van der Waals surface area contributed by atoms with Gasteiger partial charge in [0.2, 0.25) is 0 Å². The van der Waals surface area contributed by atoms with Gasteiger partial charge >= 0.3 is 0 Å². The lowest BCUT2D eigenvalue weighted by molar-refractivity contribution is 0.658. The van der Waals surface area contributed by atoms with E-state index in [2.05, 4.69) is 196 Å². The summed E-state index contributed by atoms with van der Waals surface area (Å²) in [6.45, 7) is 4.76. The standard InChI is InChI=1S/C55H36O/c1-55(2)48-27-15-14-22-39(48)45-32-47(54-52(53(45)55)46-30-34-18-6-7-19-35(34)31-49(46)56-54)51-42-25-12-10-23-40(42)50(41-24-11-13-26-43(41)51)44-29-28-36(33-16-4-3-5-17-33)37-20-8-9-21-38(37)44/h3-32H,1-2H3. The van der Waals surface area contributed by atoms with E-state index in [-0.39, 0.29) is 5.41 Å². The van der Waals surface area contributed by atoms with Crippen LogP contribution in [0.3, 0.4) is 0 Å². The molecule has 10 aromatic carbocycles. The first-order valence-corrected chi connectivity index (χ1v) is 19.6. The molecule has 0 spiro atoms. The molecule has 12 rings (SSSR count). The molecular weight excluding hydrogens is 677 g/mol. The molecule has 1 heterocycles. The third-order valence-electron chi connectivity index (χ3n) is 12.6. The van der Waals surface area contributed by atoms with Gasteiger partial charge in [0.25, 0.3) is 0 Å². The molecule has 0 amide bonds. The Morgan fingerprint density at radius 3 is 1.57 bits per heavy atom. The average molecular weight is 713 g/mol. The van der Waals surface area contributed by atoms with Gasteiger partial charge in [-0.1, -0.05) is 178 Å². The molecule has 1 aliphatic carbocycles. The van der Waals surface area contributed by atoms with Gasteiger partial charge < -0.3 is 4.42 Å². The smallest absolute Gasteiger partial charge is 0.143 e.